The molecule has 0 saturated heterocycles. The van der Waals surface area contributed by atoms with Crippen molar-refractivity contribution < 1.29 is 9.72 Å². The van der Waals surface area contributed by atoms with Crippen molar-refractivity contribution in [1.29, 1.82) is 0 Å². The normalized spacial score (nSPS) is 12.2. The van der Waals surface area contributed by atoms with E-state index >= 15 is 0 Å². The number of halogens is 1. The van der Waals surface area contributed by atoms with E-state index in [2.05, 4.69) is 4.99 Å². The number of rotatable bonds is 3. The summed E-state index contributed by atoms with van der Waals surface area (Å²) in [4.78, 5) is 26.9. The fourth-order valence-electron chi connectivity index (χ4n) is 2.27. The number of nitro benzene ring substituents is 1. The molecular formula is C17H12ClN3O3S. The molecule has 3 aromatic rings. The lowest BCUT2D eigenvalue weighted by atomic mass is 10.2. The maximum Gasteiger partial charge on any atom is 0.272 e. The average Bonchev–Trinajstić information content (AvgIpc) is 2.90. The molecule has 1 heterocycles. The highest BCUT2D eigenvalue weighted by Crippen LogP contribution is 2.24. The number of hydrogen-bond acceptors (Lipinski definition) is 4. The standard InChI is InChI=1S/C17H12ClN3O3S/c1-20-16-13(18)3-2-4-14(16)25-17(20)19-15(22)10-7-11-5-8-12(9-6-11)21(23)24/h2-10H,1H3/b10-7+,19-17?. The molecule has 0 radical (unpaired) electrons. The predicted molar refractivity (Wildman–Crippen MR) is 98.5 cm³/mol. The lowest BCUT2D eigenvalue weighted by Crippen LogP contribution is -2.12. The third kappa shape index (κ3) is 3.67. The third-order valence-electron chi connectivity index (χ3n) is 3.50. The molecule has 25 heavy (non-hydrogen) atoms. The number of nitro groups is 1. The number of hydrogen-bond donors (Lipinski definition) is 0. The number of carbonyl (C=O) groups is 1. The van der Waals surface area contributed by atoms with Crippen molar-refractivity contribution in [3.05, 3.63) is 74.0 Å². The molecule has 3 rings (SSSR count). The molecule has 0 spiro atoms. The van der Waals surface area contributed by atoms with E-state index < -0.39 is 10.8 Å². The molecule has 0 N–H and O–H groups in total. The Morgan fingerprint density at radius 2 is 2.00 bits per heavy atom. The van der Waals surface area contributed by atoms with E-state index in [1.807, 2.05) is 12.1 Å². The van der Waals surface area contributed by atoms with Crippen LogP contribution in [-0.4, -0.2) is 15.4 Å². The van der Waals surface area contributed by atoms with Crippen LogP contribution in [0, 0.1) is 10.1 Å². The summed E-state index contributed by atoms with van der Waals surface area (Å²) in [6, 6.07) is 11.5. The number of aryl methyl sites for hydroxylation is 1. The molecule has 126 valence electrons. The Labute approximate surface area is 151 Å². The minimum atomic E-state index is -0.472. The topological polar surface area (TPSA) is 77.5 Å². The van der Waals surface area contributed by atoms with Gasteiger partial charge in [-0.15, -0.1) is 0 Å². The Balaban J connectivity index is 1.87. The third-order valence-corrected chi connectivity index (χ3v) is 4.90. The maximum atomic E-state index is 12.1. The molecule has 2 aromatic carbocycles. The Morgan fingerprint density at radius 1 is 1.28 bits per heavy atom. The number of para-hydroxylation sites is 1. The fraction of sp³-hybridized carbons (Fsp3) is 0.0588. The quantitative estimate of drug-likeness (QED) is 0.396. The van der Waals surface area contributed by atoms with Crippen molar-refractivity contribution in [2.75, 3.05) is 0 Å². The lowest BCUT2D eigenvalue weighted by Gasteiger charge is -1.97. The zero-order valence-electron chi connectivity index (χ0n) is 13.0. The monoisotopic (exact) mass is 373 g/mol. The highest BCUT2D eigenvalue weighted by atomic mass is 35.5. The Kier molecular flexibility index (Phi) is 4.78. The molecule has 1 aromatic heterocycles. The summed E-state index contributed by atoms with van der Waals surface area (Å²) in [6.45, 7) is 0. The van der Waals surface area contributed by atoms with Gasteiger partial charge in [0.1, 0.15) is 0 Å². The molecule has 0 aliphatic rings. The molecule has 0 atom stereocenters. The lowest BCUT2D eigenvalue weighted by molar-refractivity contribution is -0.384. The van der Waals surface area contributed by atoms with Gasteiger partial charge in [0.2, 0.25) is 0 Å². The molecule has 6 nitrogen and oxygen atoms in total. The molecule has 0 unspecified atom stereocenters. The first kappa shape index (κ1) is 17.1. The van der Waals surface area contributed by atoms with Gasteiger partial charge in [0.05, 0.1) is 20.2 Å². The minimum absolute atomic E-state index is 0.00217. The highest BCUT2D eigenvalue weighted by molar-refractivity contribution is 7.16. The van der Waals surface area contributed by atoms with Gasteiger partial charge in [0, 0.05) is 25.3 Å². The number of carbonyl (C=O) groups excluding carboxylic acids is 1. The van der Waals surface area contributed by atoms with Crippen LogP contribution in [0.15, 0.2) is 53.5 Å². The number of nitrogens with zero attached hydrogens (tertiary/aromatic N) is 3. The van der Waals surface area contributed by atoms with E-state index in [1.165, 1.54) is 29.5 Å². The summed E-state index contributed by atoms with van der Waals surface area (Å²) >= 11 is 7.56. The van der Waals surface area contributed by atoms with Gasteiger partial charge >= 0.3 is 0 Å². The van der Waals surface area contributed by atoms with E-state index in [0.717, 1.165) is 10.2 Å². The summed E-state index contributed by atoms with van der Waals surface area (Å²) in [5.41, 5.74) is 1.51. The van der Waals surface area contributed by atoms with E-state index in [4.69, 9.17) is 11.6 Å². The Morgan fingerprint density at radius 3 is 2.64 bits per heavy atom. The van der Waals surface area contributed by atoms with Crippen molar-refractivity contribution in [2.24, 2.45) is 12.0 Å². The van der Waals surface area contributed by atoms with Crippen LogP contribution < -0.4 is 4.80 Å². The van der Waals surface area contributed by atoms with Crippen molar-refractivity contribution >= 4 is 50.8 Å². The van der Waals surface area contributed by atoms with Crippen LogP contribution in [0.3, 0.4) is 0 Å². The maximum absolute atomic E-state index is 12.1. The number of fused-ring (bicyclic) bond motifs is 1. The van der Waals surface area contributed by atoms with Crippen molar-refractivity contribution in [2.45, 2.75) is 0 Å². The Hall–Kier alpha value is -2.77. The van der Waals surface area contributed by atoms with Crippen LogP contribution in [0.25, 0.3) is 16.3 Å². The van der Waals surface area contributed by atoms with Gasteiger partial charge in [-0.1, -0.05) is 29.0 Å². The van der Waals surface area contributed by atoms with Gasteiger partial charge in [0.25, 0.3) is 11.6 Å². The second-order valence-corrected chi connectivity index (χ2v) is 6.58. The Bertz CT molecular complexity index is 1060. The molecule has 0 aliphatic carbocycles. The van der Waals surface area contributed by atoms with Crippen LogP contribution in [-0.2, 0) is 11.8 Å². The van der Waals surface area contributed by atoms with Crippen LogP contribution in [0.4, 0.5) is 5.69 Å². The minimum Gasteiger partial charge on any atom is -0.318 e. The second kappa shape index (κ2) is 7.00. The molecular weight excluding hydrogens is 362 g/mol. The SMILES string of the molecule is Cn1c(=NC(=O)/C=C/c2ccc([N+](=O)[O-])cc2)sc2cccc(Cl)c21. The molecule has 0 fully saturated rings. The van der Waals surface area contributed by atoms with Crippen LogP contribution in [0.1, 0.15) is 5.56 Å². The van der Waals surface area contributed by atoms with E-state index in [-0.39, 0.29) is 5.69 Å². The number of benzene rings is 2. The molecule has 8 heteroatoms. The first-order valence-corrected chi connectivity index (χ1v) is 8.40. The largest absolute Gasteiger partial charge is 0.318 e. The van der Waals surface area contributed by atoms with E-state index in [1.54, 1.807) is 35.9 Å². The van der Waals surface area contributed by atoms with Crippen LogP contribution in [0.5, 0.6) is 0 Å². The van der Waals surface area contributed by atoms with Crippen molar-refractivity contribution in [1.82, 2.24) is 4.57 Å². The van der Waals surface area contributed by atoms with Crippen molar-refractivity contribution in [3.8, 4) is 0 Å². The zero-order valence-corrected chi connectivity index (χ0v) is 14.6. The summed E-state index contributed by atoms with van der Waals surface area (Å²) < 4.78 is 2.72. The first-order chi connectivity index (χ1) is 12.0. The average molecular weight is 374 g/mol. The molecule has 0 saturated carbocycles. The van der Waals surface area contributed by atoms with E-state index in [9.17, 15) is 14.9 Å². The molecule has 0 aliphatic heterocycles. The summed E-state index contributed by atoms with van der Waals surface area (Å²) in [5, 5.41) is 11.2. The van der Waals surface area contributed by atoms with Gasteiger partial charge in [-0.2, -0.15) is 4.99 Å². The fourth-order valence-corrected chi connectivity index (χ4v) is 3.68. The van der Waals surface area contributed by atoms with Gasteiger partial charge in [0.15, 0.2) is 4.80 Å². The predicted octanol–water partition coefficient (Wildman–Crippen LogP) is 3.94. The number of thiazole rings is 1. The zero-order chi connectivity index (χ0) is 18.0. The van der Waals surface area contributed by atoms with Gasteiger partial charge < -0.3 is 4.57 Å². The van der Waals surface area contributed by atoms with Gasteiger partial charge in [-0.3, -0.25) is 14.9 Å². The first-order valence-electron chi connectivity index (χ1n) is 7.21. The number of amides is 1. The number of aromatic nitrogens is 1. The smallest absolute Gasteiger partial charge is 0.272 e. The van der Waals surface area contributed by atoms with Crippen LogP contribution in [0.2, 0.25) is 5.02 Å². The number of non-ortho nitro benzene ring substituents is 1. The summed E-state index contributed by atoms with van der Waals surface area (Å²) in [6.07, 6.45) is 2.89. The van der Waals surface area contributed by atoms with E-state index in [0.29, 0.717) is 15.4 Å². The van der Waals surface area contributed by atoms with Gasteiger partial charge in [-0.05, 0) is 35.9 Å². The second-order valence-electron chi connectivity index (χ2n) is 5.16. The summed E-state index contributed by atoms with van der Waals surface area (Å²) in [7, 11) is 1.80. The van der Waals surface area contributed by atoms with Gasteiger partial charge in [-0.25, -0.2) is 0 Å². The molecule has 1 amide bonds. The van der Waals surface area contributed by atoms with Crippen LogP contribution >= 0.6 is 22.9 Å². The van der Waals surface area contributed by atoms with Crippen molar-refractivity contribution in [3.63, 3.8) is 0 Å². The summed E-state index contributed by atoms with van der Waals surface area (Å²) in [5.74, 6) is -0.420. The highest BCUT2D eigenvalue weighted by Gasteiger charge is 2.07. The molecule has 0 bridgehead atoms.